The van der Waals surface area contributed by atoms with Gasteiger partial charge in [-0.15, -0.1) is 9.05 Å². The lowest BCUT2D eigenvalue weighted by Gasteiger charge is -2.27. The zero-order valence-corrected chi connectivity index (χ0v) is 17.5. The van der Waals surface area contributed by atoms with Crippen LogP contribution in [0.4, 0.5) is 0 Å². The highest BCUT2D eigenvalue weighted by atomic mass is 31.1. The number of aromatic hydroxyl groups is 1. The predicted molar refractivity (Wildman–Crippen MR) is 101 cm³/mol. The Morgan fingerprint density at radius 2 is 1.42 bits per heavy atom. The van der Waals surface area contributed by atoms with Crippen molar-refractivity contribution in [3.63, 3.8) is 0 Å². The molecule has 0 aliphatic rings. The summed E-state index contributed by atoms with van der Waals surface area (Å²) in [7, 11) is 0.817. The molecule has 0 aliphatic heterocycles. The molecule has 0 aromatic heterocycles. The molecular weight excluding hydrogens is 323 g/mol. The molecule has 0 atom stereocenters. The molecule has 138 valence electrons. The second-order valence-corrected chi connectivity index (χ2v) is 8.32. The minimum absolute atomic E-state index is 0.168. The van der Waals surface area contributed by atoms with Gasteiger partial charge in [0.25, 0.3) is 0 Å². The lowest BCUT2D eigenvalue weighted by molar-refractivity contribution is 0.302. The van der Waals surface area contributed by atoms with Crippen molar-refractivity contribution < 1.29 is 18.7 Å². The van der Waals surface area contributed by atoms with Crippen molar-refractivity contribution in [2.75, 3.05) is 14.2 Å². The summed E-state index contributed by atoms with van der Waals surface area (Å²) in [6.45, 7) is 15.3. The van der Waals surface area contributed by atoms with E-state index in [2.05, 4.69) is 69.6 Å². The van der Waals surface area contributed by atoms with Crippen LogP contribution in [0.25, 0.3) is 0 Å². The standard InChI is InChI=1S/C17H28O.C2H6O3P/c1-8-17(6,7)13-9-14(11(2)3)16(18)15(10-13)12(4)5;1-4-6(3)5-2/h9-12,18H,8H2,1-7H3;1-2H3/q;+1. The van der Waals surface area contributed by atoms with Gasteiger partial charge >= 0.3 is 8.25 Å². The Morgan fingerprint density at radius 1 is 1.04 bits per heavy atom. The second-order valence-electron chi connectivity index (χ2n) is 7.14. The van der Waals surface area contributed by atoms with Crippen LogP contribution < -0.4 is 0 Å². The number of phenols is 1. The van der Waals surface area contributed by atoms with Gasteiger partial charge in [-0.1, -0.05) is 60.6 Å². The highest BCUT2D eigenvalue weighted by Gasteiger charge is 2.23. The fourth-order valence-corrected chi connectivity index (χ4v) is 2.38. The quantitative estimate of drug-likeness (QED) is 0.610. The van der Waals surface area contributed by atoms with Gasteiger partial charge in [0.1, 0.15) is 5.75 Å². The van der Waals surface area contributed by atoms with Crippen LogP contribution in [0.3, 0.4) is 0 Å². The maximum absolute atomic E-state index is 10.4. The fraction of sp³-hybridized carbons (Fsp3) is 0.684. The van der Waals surface area contributed by atoms with Gasteiger partial charge in [-0.05, 0) is 40.4 Å². The van der Waals surface area contributed by atoms with Crippen LogP contribution in [-0.4, -0.2) is 19.3 Å². The number of rotatable bonds is 6. The third-order valence-electron chi connectivity index (χ3n) is 4.38. The topological polar surface area (TPSA) is 55.8 Å². The third kappa shape index (κ3) is 6.51. The predicted octanol–water partition coefficient (Wildman–Crippen LogP) is 6.26. The van der Waals surface area contributed by atoms with Crippen molar-refractivity contribution in [3.05, 3.63) is 28.8 Å². The lowest BCUT2D eigenvalue weighted by atomic mass is 9.78. The van der Waals surface area contributed by atoms with Crippen LogP contribution in [0.5, 0.6) is 5.75 Å². The Kier molecular flexibility index (Phi) is 9.72. The molecule has 0 amide bonds. The monoisotopic (exact) mass is 357 g/mol. The molecule has 0 aliphatic carbocycles. The van der Waals surface area contributed by atoms with Crippen LogP contribution in [0.15, 0.2) is 12.1 Å². The first-order chi connectivity index (χ1) is 11.0. The molecule has 24 heavy (non-hydrogen) atoms. The summed E-state index contributed by atoms with van der Waals surface area (Å²) in [5.41, 5.74) is 3.67. The first-order valence-electron chi connectivity index (χ1n) is 8.44. The Morgan fingerprint density at radius 3 is 1.62 bits per heavy atom. The molecule has 1 rings (SSSR count). The minimum Gasteiger partial charge on any atom is -0.507 e. The van der Waals surface area contributed by atoms with Crippen LogP contribution in [0.2, 0.25) is 0 Å². The van der Waals surface area contributed by atoms with Gasteiger partial charge in [0.2, 0.25) is 0 Å². The average molecular weight is 357 g/mol. The van der Waals surface area contributed by atoms with Crippen molar-refractivity contribution in [2.24, 2.45) is 0 Å². The maximum atomic E-state index is 10.4. The largest absolute Gasteiger partial charge is 0.696 e. The molecule has 5 heteroatoms. The van der Waals surface area contributed by atoms with Gasteiger partial charge in [-0.3, -0.25) is 0 Å². The Balaban J connectivity index is 0.000000754. The summed E-state index contributed by atoms with van der Waals surface area (Å²) < 4.78 is 18.3. The number of phenolic OH excluding ortho intramolecular Hbond substituents is 1. The Bertz CT molecular complexity index is 501. The minimum atomic E-state index is -1.83. The molecule has 0 unspecified atom stereocenters. The summed E-state index contributed by atoms with van der Waals surface area (Å²) in [5.74, 6) is 1.21. The molecule has 0 spiro atoms. The molecule has 1 aromatic carbocycles. The normalized spacial score (nSPS) is 11.5. The Labute approximate surface area is 148 Å². The van der Waals surface area contributed by atoms with E-state index in [1.807, 2.05) is 0 Å². The zero-order valence-electron chi connectivity index (χ0n) is 16.6. The second kappa shape index (κ2) is 10.1. The van der Waals surface area contributed by atoms with E-state index in [9.17, 15) is 9.67 Å². The molecule has 0 heterocycles. The number of benzene rings is 1. The summed E-state index contributed by atoms with van der Waals surface area (Å²) in [4.78, 5) is 0. The van der Waals surface area contributed by atoms with E-state index in [1.165, 1.54) is 19.8 Å². The third-order valence-corrected chi connectivity index (χ3v) is 4.97. The molecule has 0 radical (unpaired) electrons. The van der Waals surface area contributed by atoms with Crippen molar-refractivity contribution in [3.8, 4) is 5.75 Å². The van der Waals surface area contributed by atoms with Crippen molar-refractivity contribution >= 4 is 8.25 Å². The summed E-state index contributed by atoms with van der Waals surface area (Å²) in [6.07, 6.45) is 1.10. The lowest BCUT2D eigenvalue weighted by Crippen LogP contribution is -2.16. The van der Waals surface area contributed by atoms with E-state index in [0.29, 0.717) is 17.6 Å². The van der Waals surface area contributed by atoms with Crippen LogP contribution in [0.1, 0.15) is 83.4 Å². The first-order valence-corrected chi connectivity index (χ1v) is 9.54. The fourth-order valence-electron chi connectivity index (χ4n) is 2.23. The highest BCUT2D eigenvalue weighted by Crippen LogP contribution is 2.38. The van der Waals surface area contributed by atoms with Gasteiger partial charge < -0.3 is 5.11 Å². The van der Waals surface area contributed by atoms with Crippen molar-refractivity contribution in [1.29, 1.82) is 0 Å². The van der Waals surface area contributed by atoms with E-state index < -0.39 is 8.25 Å². The van der Waals surface area contributed by atoms with Crippen LogP contribution in [-0.2, 0) is 19.0 Å². The zero-order chi connectivity index (χ0) is 19.1. The van der Waals surface area contributed by atoms with Gasteiger partial charge in [0.05, 0.1) is 14.2 Å². The number of hydrogen-bond acceptors (Lipinski definition) is 4. The first kappa shape index (κ1) is 23.0. The van der Waals surface area contributed by atoms with E-state index in [0.717, 1.165) is 17.5 Å². The molecule has 1 aromatic rings. The van der Waals surface area contributed by atoms with Crippen molar-refractivity contribution in [2.45, 2.75) is 72.1 Å². The molecule has 0 bridgehead atoms. The van der Waals surface area contributed by atoms with Crippen molar-refractivity contribution in [1.82, 2.24) is 0 Å². The smallest absolute Gasteiger partial charge is 0.507 e. The summed E-state index contributed by atoms with van der Waals surface area (Å²) >= 11 is 0. The molecule has 0 saturated heterocycles. The highest BCUT2D eigenvalue weighted by molar-refractivity contribution is 7.33. The number of hydrogen-bond donors (Lipinski definition) is 1. The molecule has 0 fully saturated rings. The van der Waals surface area contributed by atoms with Gasteiger partial charge in [-0.2, -0.15) is 0 Å². The van der Waals surface area contributed by atoms with Crippen LogP contribution >= 0.6 is 8.25 Å². The van der Waals surface area contributed by atoms with Crippen LogP contribution in [0, 0.1) is 0 Å². The molecular formula is C19H34O4P+. The van der Waals surface area contributed by atoms with Gasteiger partial charge in [-0.25, -0.2) is 0 Å². The molecule has 0 saturated carbocycles. The van der Waals surface area contributed by atoms with E-state index >= 15 is 0 Å². The Hall–Kier alpha value is -0.960. The summed E-state index contributed by atoms with van der Waals surface area (Å²) in [5, 5.41) is 10.4. The SMILES string of the molecule is CCC(C)(C)c1cc(C(C)C)c(O)c(C(C)C)c1.CO[P+](=O)OC. The average Bonchev–Trinajstić information content (AvgIpc) is 2.53. The van der Waals surface area contributed by atoms with Gasteiger partial charge in [0, 0.05) is 4.57 Å². The maximum Gasteiger partial charge on any atom is 0.696 e. The van der Waals surface area contributed by atoms with E-state index in [4.69, 9.17) is 0 Å². The van der Waals surface area contributed by atoms with E-state index in [1.54, 1.807) is 0 Å². The van der Waals surface area contributed by atoms with Gasteiger partial charge in [0.15, 0.2) is 0 Å². The summed E-state index contributed by atoms with van der Waals surface area (Å²) in [6, 6.07) is 4.38. The molecule has 1 N–H and O–H groups in total. The molecule has 4 nitrogen and oxygen atoms in total. The van der Waals surface area contributed by atoms with E-state index in [-0.39, 0.29) is 5.41 Å².